The van der Waals surface area contributed by atoms with Crippen LogP contribution < -0.4 is 20.0 Å². The van der Waals surface area contributed by atoms with Crippen molar-refractivity contribution in [2.24, 2.45) is 4.99 Å². The van der Waals surface area contributed by atoms with Crippen molar-refractivity contribution in [2.45, 2.75) is 32.9 Å². The number of benzene rings is 1. The van der Waals surface area contributed by atoms with E-state index in [-0.39, 0.29) is 24.3 Å². The third-order valence-electron chi connectivity index (χ3n) is 4.31. The minimum atomic E-state index is -0.598. The number of halogens is 1. The highest BCUT2D eigenvalue weighted by Gasteiger charge is 2.18. The van der Waals surface area contributed by atoms with Crippen LogP contribution in [0.2, 0.25) is 0 Å². The van der Waals surface area contributed by atoms with Crippen LogP contribution in [-0.4, -0.2) is 38.5 Å². The largest absolute Gasteiger partial charge is 0.489 e. The molecule has 4 rings (SSSR count). The highest BCUT2D eigenvalue weighted by Crippen LogP contribution is 2.32. The van der Waals surface area contributed by atoms with E-state index < -0.39 is 11.9 Å². The second-order valence-electron chi connectivity index (χ2n) is 6.59. The number of ether oxygens (including phenoxy) is 2. The van der Waals surface area contributed by atoms with E-state index in [4.69, 9.17) is 9.47 Å². The van der Waals surface area contributed by atoms with Crippen molar-refractivity contribution in [1.82, 2.24) is 14.6 Å². The number of hydrogen-bond acceptors (Lipinski definition) is 6. The fraction of sp³-hybridized carbons (Fsp3) is 0.316. The number of nitrogens with zero attached hydrogens (tertiary/aromatic N) is 4. The summed E-state index contributed by atoms with van der Waals surface area (Å²) in [7, 11) is 0. The lowest BCUT2D eigenvalue weighted by Gasteiger charge is -2.08. The number of fused-ring (bicyclic) bond motifs is 2. The van der Waals surface area contributed by atoms with E-state index in [0.717, 1.165) is 5.56 Å². The zero-order valence-electron chi connectivity index (χ0n) is 15.2. The smallest absolute Gasteiger partial charge is 0.247 e. The molecule has 0 saturated carbocycles. The molecule has 2 atom stereocenters. The van der Waals surface area contributed by atoms with Crippen LogP contribution in [-0.2, 0) is 0 Å². The molecule has 0 aliphatic carbocycles. The van der Waals surface area contributed by atoms with Crippen LogP contribution in [0, 0.1) is 12.7 Å². The molecule has 140 valence electrons. The van der Waals surface area contributed by atoms with Gasteiger partial charge in [0, 0.05) is 10.8 Å². The third-order valence-corrected chi connectivity index (χ3v) is 4.31. The molecule has 0 radical (unpaired) electrons. The average molecular weight is 370 g/mol. The molecular weight excluding hydrogens is 351 g/mol. The lowest BCUT2D eigenvalue weighted by molar-refractivity contribution is 0.122. The Balaban J connectivity index is 1.75. The van der Waals surface area contributed by atoms with Gasteiger partial charge >= 0.3 is 0 Å². The standard InChI is InChI=1S/C19H19FN4O3/c1-10-6-13-14(23-10)4-5-15(17(13)20)27-19-18-12(3)16(26-8-11(2)25)7-24(18)22-9-21-19/h4-7,9-11,25H,8H2,1-3H3/t10?,11-/m0/s1. The van der Waals surface area contributed by atoms with Crippen LogP contribution >= 0.6 is 0 Å². The fourth-order valence-corrected chi connectivity index (χ4v) is 3.05. The molecule has 0 spiro atoms. The van der Waals surface area contributed by atoms with Gasteiger partial charge in [-0.3, -0.25) is 4.99 Å². The molecule has 0 amide bonds. The maximum atomic E-state index is 14.8. The zero-order valence-corrected chi connectivity index (χ0v) is 15.2. The first-order chi connectivity index (χ1) is 12.9. The molecule has 3 aromatic rings. The summed E-state index contributed by atoms with van der Waals surface area (Å²) in [4.78, 5) is 8.51. The summed E-state index contributed by atoms with van der Waals surface area (Å²) in [5.74, 6) is 0.377. The molecule has 7 nitrogen and oxygen atoms in total. The van der Waals surface area contributed by atoms with E-state index >= 15 is 0 Å². The minimum Gasteiger partial charge on any atom is -0.489 e. The van der Waals surface area contributed by atoms with Crippen molar-refractivity contribution < 1.29 is 19.0 Å². The molecule has 0 saturated heterocycles. The molecule has 0 bridgehead atoms. The van der Waals surface area contributed by atoms with E-state index in [1.165, 1.54) is 6.33 Å². The molecule has 1 unspecified atom stereocenters. The zero-order chi connectivity index (χ0) is 19.1. The Kier molecular flexibility index (Phi) is 4.27. The molecule has 1 aliphatic heterocycles. The highest BCUT2D eigenvalue weighted by molar-refractivity contribution is 5.67. The predicted molar refractivity (Wildman–Crippen MR) is 96.1 cm³/mol. The second kappa shape index (κ2) is 6.62. The summed E-state index contributed by atoms with van der Waals surface area (Å²) in [5, 5.41) is 14.6. The first-order valence-electron chi connectivity index (χ1n) is 8.64. The average Bonchev–Trinajstić information content (AvgIpc) is 3.16. The molecule has 1 aliphatic rings. The van der Waals surface area contributed by atoms with Crippen LogP contribution in [0.5, 0.6) is 17.4 Å². The van der Waals surface area contributed by atoms with Crippen LogP contribution in [0.4, 0.5) is 4.39 Å². The summed E-state index contributed by atoms with van der Waals surface area (Å²) < 4.78 is 27.8. The first-order valence-corrected chi connectivity index (χ1v) is 8.64. The van der Waals surface area contributed by atoms with Gasteiger partial charge in [0.25, 0.3) is 0 Å². The molecule has 3 heterocycles. The van der Waals surface area contributed by atoms with Gasteiger partial charge < -0.3 is 14.6 Å². The molecule has 1 aromatic carbocycles. The van der Waals surface area contributed by atoms with Crippen LogP contribution in [0.15, 0.2) is 29.6 Å². The van der Waals surface area contributed by atoms with Gasteiger partial charge in [0.15, 0.2) is 11.6 Å². The van der Waals surface area contributed by atoms with E-state index in [2.05, 4.69) is 15.1 Å². The van der Waals surface area contributed by atoms with Gasteiger partial charge in [0.1, 0.15) is 24.2 Å². The third kappa shape index (κ3) is 3.12. The molecular formula is C19H19FN4O3. The van der Waals surface area contributed by atoms with Crippen molar-refractivity contribution in [3.05, 3.63) is 46.6 Å². The molecule has 1 N–H and O–H groups in total. The fourth-order valence-electron chi connectivity index (χ4n) is 3.05. The van der Waals surface area contributed by atoms with Crippen molar-refractivity contribution in [1.29, 1.82) is 0 Å². The lowest BCUT2D eigenvalue weighted by Crippen LogP contribution is -2.25. The van der Waals surface area contributed by atoms with Gasteiger partial charge in [0.2, 0.25) is 5.88 Å². The lowest BCUT2D eigenvalue weighted by atomic mass is 10.2. The SMILES string of the molecule is Cc1c(OC[C@H](C)O)cn2ncnc(Oc3ccc4c(c3F)=CC(C)N=4)c12. The maximum absolute atomic E-state index is 14.8. The Morgan fingerprint density at radius 2 is 2.15 bits per heavy atom. The van der Waals surface area contributed by atoms with Crippen molar-refractivity contribution >= 4 is 11.6 Å². The number of aryl methyl sites for hydroxylation is 1. The molecule has 8 heteroatoms. The summed E-state index contributed by atoms with van der Waals surface area (Å²) in [5.41, 5.74) is 1.31. The predicted octanol–water partition coefficient (Wildman–Crippen LogP) is 1.53. The van der Waals surface area contributed by atoms with Crippen LogP contribution in [0.3, 0.4) is 0 Å². The minimum absolute atomic E-state index is 0.0583. The second-order valence-corrected chi connectivity index (χ2v) is 6.59. The van der Waals surface area contributed by atoms with Gasteiger partial charge in [-0.1, -0.05) is 0 Å². The Hall–Kier alpha value is -3.00. The van der Waals surface area contributed by atoms with Gasteiger partial charge in [-0.15, -0.1) is 0 Å². The van der Waals surface area contributed by atoms with Gasteiger partial charge in [-0.25, -0.2) is 8.91 Å². The van der Waals surface area contributed by atoms with Crippen LogP contribution in [0.1, 0.15) is 19.4 Å². The van der Waals surface area contributed by atoms with E-state index in [1.807, 2.05) is 13.8 Å². The summed E-state index contributed by atoms with van der Waals surface area (Å²) in [6.45, 7) is 5.52. The summed E-state index contributed by atoms with van der Waals surface area (Å²) in [6, 6.07) is 3.22. The molecule has 2 aromatic heterocycles. The number of rotatable bonds is 5. The van der Waals surface area contributed by atoms with E-state index in [1.54, 1.807) is 35.8 Å². The van der Waals surface area contributed by atoms with Crippen molar-refractivity contribution in [2.75, 3.05) is 6.61 Å². The monoisotopic (exact) mass is 370 g/mol. The number of aromatic nitrogens is 3. The van der Waals surface area contributed by atoms with Gasteiger partial charge in [-0.05, 0) is 39.0 Å². The summed E-state index contributed by atoms with van der Waals surface area (Å²) in [6.07, 6.45) is 4.17. The number of aliphatic hydroxyl groups is 1. The van der Waals surface area contributed by atoms with Crippen LogP contribution in [0.25, 0.3) is 11.6 Å². The number of aliphatic hydroxyl groups excluding tert-OH is 1. The quantitative estimate of drug-likeness (QED) is 0.737. The highest BCUT2D eigenvalue weighted by atomic mass is 19.1. The van der Waals surface area contributed by atoms with Crippen molar-refractivity contribution in [3.8, 4) is 17.4 Å². The molecule has 27 heavy (non-hydrogen) atoms. The normalized spacial score (nSPS) is 16.6. The van der Waals surface area contributed by atoms with E-state index in [9.17, 15) is 9.50 Å². The maximum Gasteiger partial charge on any atom is 0.247 e. The van der Waals surface area contributed by atoms with Gasteiger partial charge in [0.05, 0.1) is 23.7 Å². The summed E-state index contributed by atoms with van der Waals surface area (Å²) >= 11 is 0. The Morgan fingerprint density at radius 1 is 1.33 bits per heavy atom. The Labute approximate surface area is 154 Å². The van der Waals surface area contributed by atoms with Gasteiger partial charge in [-0.2, -0.15) is 10.1 Å². The van der Waals surface area contributed by atoms with E-state index in [0.29, 0.717) is 21.8 Å². The Morgan fingerprint density at radius 3 is 2.93 bits per heavy atom. The first kappa shape index (κ1) is 17.4. The molecule has 0 fully saturated rings. The Bertz CT molecular complexity index is 1140. The topological polar surface area (TPSA) is 81.2 Å². The number of hydrogen-bond donors (Lipinski definition) is 1. The van der Waals surface area contributed by atoms with Crippen molar-refractivity contribution in [3.63, 3.8) is 0 Å².